The van der Waals surface area contributed by atoms with Crippen LogP contribution in [0.5, 0.6) is 0 Å². The van der Waals surface area contributed by atoms with Crippen LogP contribution in [0, 0.1) is 5.41 Å². The summed E-state index contributed by atoms with van der Waals surface area (Å²) in [5.41, 5.74) is -0.486. The van der Waals surface area contributed by atoms with Gasteiger partial charge in [-0.1, -0.05) is 27.7 Å². The van der Waals surface area contributed by atoms with Crippen molar-refractivity contribution in [2.24, 2.45) is 5.41 Å². The highest BCUT2D eigenvalue weighted by atomic mass is 16.4. The molecule has 0 saturated carbocycles. The van der Waals surface area contributed by atoms with Gasteiger partial charge in [0.05, 0.1) is 0 Å². The molecule has 1 atom stereocenters. The summed E-state index contributed by atoms with van der Waals surface area (Å²) in [4.78, 5) is 22.4. The molecule has 0 heterocycles. The van der Waals surface area contributed by atoms with E-state index in [0.29, 0.717) is 13.0 Å². The van der Waals surface area contributed by atoms with E-state index in [1.54, 1.807) is 20.8 Å². The quantitative estimate of drug-likeness (QED) is 0.584. The van der Waals surface area contributed by atoms with Gasteiger partial charge in [-0.05, 0) is 12.0 Å². The predicted molar refractivity (Wildman–Crippen MR) is 62.2 cm³/mol. The average molecular weight is 230 g/mol. The van der Waals surface area contributed by atoms with Crippen molar-refractivity contribution in [3.63, 3.8) is 0 Å². The molecule has 0 aliphatic heterocycles. The summed E-state index contributed by atoms with van der Waals surface area (Å²) in [5.74, 6) is -1.23. The Morgan fingerprint density at radius 1 is 1.31 bits per heavy atom. The van der Waals surface area contributed by atoms with Gasteiger partial charge in [-0.2, -0.15) is 0 Å². The average Bonchev–Trinajstić information content (AvgIpc) is 2.12. The van der Waals surface area contributed by atoms with Crippen molar-refractivity contribution in [3.05, 3.63) is 0 Å². The molecule has 5 nitrogen and oxygen atoms in total. The second-order valence-electron chi connectivity index (χ2n) is 4.81. The number of nitrogens with one attached hydrogen (secondary N) is 2. The molecular weight excluding hydrogens is 208 g/mol. The number of carboxylic acids is 1. The summed E-state index contributed by atoms with van der Waals surface area (Å²) in [6.45, 7) is 8.68. The smallest absolute Gasteiger partial charge is 0.326 e. The van der Waals surface area contributed by atoms with E-state index < -0.39 is 17.4 Å². The molecule has 94 valence electrons. The van der Waals surface area contributed by atoms with Crippen molar-refractivity contribution in [1.29, 1.82) is 0 Å². The maximum absolute atomic E-state index is 11.5. The van der Waals surface area contributed by atoms with Crippen LogP contribution in [0.4, 0.5) is 0 Å². The largest absolute Gasteiger partial charge is 0.480 e. The monoisotopic (exact) mass is 230 g/mol. The summed E-state index contributed by atoms with van der Waals surface area (Å²) < 4.78 is 0. The Kier molecular flexibility index (Phi) is 6.03. The molecular formula is C11H22N2O3. The first-order valence-corrected chi connectivity index (χ1v) is 5.52. The van der Waals surface area contributed by atoms with Gasteiger partial charge in [0.25, 0.3) is 0 Å². The van der Waals surface area contributed by atoms with Gasteiger partial charge in [-0.3, -0.25) is 4.79 Å². The fourth-order valence-electron chi connectivity index (χ4n) is 1.26. The van der Waals surface area contributed by atoms with Crippen LogP contribution in [0.25, 0.3) is 0 Å². The first-order valence-electron chi connectivity index (χ1n) is 5.52. The van der Waals surface area contributed by atoms with Crippen molar-refractivity contribution in [2.75, 3.05) is 13.1 Å². The summed E-state index contributed by atoms with van der Waals surface area (Å²) in [6, 6.07) is -0.846. The van der Waals surface area contributed by atoms with Crippen molar-refractivity contribution in [1.82, 2.24) is 10.6 Å². The van der Waals surface area contributed by atoms with Crippen LogP contribution in [0.15, 0.2) is 0 Å². The number of hydrogen-bond acceptors (Lipinski definition) is 3. The van der Waals surface area contributed by atoms with Crippen LogP contribution in [0.1, 0.15) is 34.1 Å². The number of carboxylic acid groups (broad SMARTS) is 1. The lowest BCUT2D eigenvalue weighted by Crippen LogP contribution is -2.49. The molecule has 0 aliphatic rings. The Labute approximate surface area is 96.6 Å². The zero-order valence-electron chi connectivity index (χ0n) is 10.5. The minimum atomic E-state index is -0.996. The lowest BCUT2D eigenvalue weighted by atomic mass is 9.86. The second kappa shape index (κ2) is 6.48. The van der Waals surface area contributed by atoms with Gasteiger partial charge in [0.2, 0.25) is 5.91 Å². The molecule has 5 heteroatoms. The number of carbonyl (C=O) groups is 2. The lowest BCUT2D eigenvalue weighted by Gasteiger charge is -2.27. The minimum absolute atomic E-state index is 0.233. The molecule has 3 N–H and O–H groups in total. The van der Waals surface area contributed by atoms with E-state index in [1.807, 2.05) is 6.92 Å². The molecule has 0 unspecified atom stereocenters. The zero-order chi connectivity index (χ0) is 12.8. The number of hydrogen-bond donors (Lipinski definition) is 3. The van der Waals surface area contributed by atoms with Gasteiger partial charge in [0.15, 0.2) is 0 Å². The van der Waals surface area contributed by atoms with Crippen molar-refractivity contribution < 1.29 is 14.7 Å². The molecule has 16 heavy (non-hydrogen) atoms. The number of rotatable bonds is 6. The summed E-state index contributed by atoms with van der Waals surface area (Å²) >= 11 is 0. The van der Waals surface area contributed by atoms with Gasteiger partial charge < -0.3 is 15.7 Å². The number of carbonyl (C=O) groups excluding carboxylic acids is 1. The molecule has 0 aromatic carbocycles. The third-order valence-corrected chi connectivity index (χ3v) is 2.20. The number of amides is 1. The lowest BCUT2D eigenvalue weighted by molar-refractivity contribution is -0.144. The standard InChI is InChI=1S/C11H22N2O3/c1-5-12-7-6-8(14)13-9(10(15)16)11(2,3)4/h9,12H,5-7H2,1-4H3,(H,13,14)(H,15,16)/t9-/m0/s1. The fourth-order valence-corrected chi connectivity index (χ4v) is 1.26. The first kappa shape index (κ1) is 14.9. The third-order valence-electron chi connectivity index (χ3n) is 2.20. The van der Waals surface area contributed by atoms with Crippen LogP contribution in [-0.2, 0) is 9.59 Å². The summed E-state index contributed by atoms with van der Waals surface area (Å²) in [7, 11) is 0. The Balaban J connectivity index is 4.21. The molecule has 0 rings (SSSR count). The van der Waals surface area contributed by atoms with E-state index in [1.165, 1.54) is 0 Å². The third kappa shape index (κ3) is 5.70. The molecule has 0 aromatic heterocycles. The first-order chi connectivity index (χ1) is 7.29. The molecule has 0 radical (unpaired) electrons. The van der Waals surface area contributed by atoms with E-state index in [0.717, 1.165) is 6.54 Å². The van der Waals surface area contributed by atoms with E-state index in [9.17, 15) is 9.59 Å². The van der Waals surface area contributed by atoms with Crippen LogP contribution >= 0.6 is 0 Å². The topological polar surface area (TPSA) is 78.4 Å². The molecule has 0 bridgehead atoms. The van der Waals surface area contributed by atoms with E-state index >= 15 is 0 Å². The Hall–Kier alpha value is -1.10. The summed E-state index contributed by atoms with van der Waals surface area (Å²) in [6.07, 6.45) is 0.299. The Morgan fingerprint density at radius 3 is 2.25 bits per heavy atom. The fraction of sp³-hybridized carbons (Fsp3) is 0.818. The van der Waals surface area contributed by atoms with Crippen molar-refractivity contribution >= 4 is 11.9 Å². The highest BCUT2D eigenvalue weighted by Crippen LogP contribution is 2.19. The van der Waals surface area contributed by atoms with Gasteiger partial charge >= 0.3 is 5.97 Å². The molecule has 0 saturated heterocycles. The van der Waals surface area contributed by atoms with Gasteiger partial charge in [0.1, 0.15) is 6.04 Å². The predicted octanol–water partition coefficient (Wildman–Crippen LogP) is 0.601. The zero-order valence-corrected chi connectivity index (χ0v) is 10.5. The highest BCUT2D eigenvalue weighted by Gasteiger charge is 2.32. The Bertz CT molecular complexity index is 246. The highest BCUT2D eigenvalue weighted by molar-refractivity contribution is 5.84. The van der Waals surface area contributed by atoms with Gasteiger partial charge in [-0.25, -0.2) is 4.79 Å². The van der Waals surface area contributed by atoms with Crippen LogP contribution in [-0.4, -0.2) is 36.1 Å². The van der Waals surface area contributed by atoms with Gasteiger partial charge in [0, 0.05) is 13.0 Å². The molecule has 0 fully saturated rings. The minimum Gasteiger partial charge on any atom is -0.480 e. The van der Waals surface area contributed by atoms with Crippen molar-refractivity contribution in [3.8, 4) is 0 Å². The van der Waals surface area contributed by atoms with E-state index in [-0.39, 0.29) is 5.91 Å². The summed E-state index contributed by atoms with van der Waals surface area (Å²) in [5, 5.41) is 14.5. The van der Waals surface area contributed by atoms with Crippen LogP contribution in [0.3, 0.4) is 0 Å². The SMILES string of the molecule is CCNCCC(=O)N[C@@H](C(=O)O)C(C)(C)C. The maximum Gasteiger partial charge on any atom is 0.326 e. The molecule has 1 amide bonds. The van der Waals surface area contributed by atoms with Crippen molar-refractivity contribution in [2.45, 2.75) is 40.2 Å². The van der Waals surface area contributed by atoms with Gasteiger partial charge in [-0.15, -0.1) is 0 Å². The number of aliphatic carboxylic acids is 1. The van der Waals surface area contributed by atoms with E-state index in [2.05, 4.69) is 10.6 Å². The van der Waals surface area contributed by atoms with Crippen LogP contribution in [0.2, 0.25) is 0 Å². The second-order valence-corrected chi connectivity index (χ2v) is 4.81. The maximum atomic E-state index is 11.5. The van der Waals surface area contributed by atoms with Crippen LogP contribution < -0.4 is 10.6 Å². The van der Waals surface area contributed by atoms with E-state index in [4.69, 9.17) is 5.11 Å². The molecule has 0 aliphatic carbocycles. The molecule has 0 spiro atoms. The normalized spacial score (nSPS) is 13.2. The Morgan fingerprint density at radius 2 is 1.88 bits per heavy atom. The molecule has 0 aromatic rings.